The van der Waals surface area contributed by atoms with Crippen molar-refractivity contribution in [2.24, 2.45) is 5.10 Å². The molecule has 0 saturated carbocycles. The topological polar surface area (TPSA) is 50.2 Å². The Morgan fingerprint density at radius 2 is 1.96 bits per heavy atom. The summed E-state index contributed by atoms with van der Waals surface area (Å²) >= 11 is 1.76. The standard InChI is InChI=1S/C17H15FN4S/c18-12-7-5-11(6-8-12)9-21-22-16-15-13-3-1-2-4-14(13)23-17(15)20-10-19-16/h5-10H,1-4H2,(H,19,20,22). The minimum Gasteiger partial charge on any atom is -0.261 e. The lowest BCUT2D eigenvalue weighted by molar-refractivity contribution is 0.628. The molecule has 1 N–H and O–H groups in total. The normalized spacial score (nSPS) is 14.3. The third kappa shape index (κ3) is 2.82. The van der Waals surface area contributed by atoms with Crippen molar-refractivity contribution < 1.29 is 4.39 Å². The van der Waals surface area contributed by atoms with Gasteiger partial charge in [-0.05, 0) is 48.9 Å². The van der Waals surface area contributed by atoms with Gasteiger partial charge in [-0.25, -0.2) is 14.4 Å². The van der Waals surface area contributed by atoms with E-state index in [2.05, 4.69) is 20.5 Å². The average Bonchev–Trinajstić information content (AvgIpc) is 2.96. The first-order chi connectivity index (χ1) is 11.3. The summed E-state index contributed by atoms with van der Waals surface area (Å²) in [5, 5.41) is 5.34. The van der Waals surface area contributed by atoms with Gasteiger partial charge in [0.1, 0.15) is 17.0 Å². The summed E-state index contributed by atoms with van der Waals surface area (Å²) in [6.07, 6.45) is 7.91. The predicted molar refractivity (Wildman–Crippen MR) is 91.7 cm³/mol. The molecule has 3 aromatic rings. The van der Waals surface area contributed by atoms with Gasteiger partial charge in [-0.1, -0.05) is 12.1 Å². The van der Waals surface area contributed by atoms with Crippen LogP contribution >= 0.6 is 11.3 Å². The van der Waals surface area contributed by atoms with Gasteiger partial charge < -0.3 is 0 Å². The maximum absolute atomic E-state index is 12.9. The van der Waals surface area contributed by atoms with Crippen LogP contribution in [0.15, 0.2) is 35.7 Å². The van der Waals surface area contributed by atoms with E-state index in [1.165, 1.54) is 35.4 Å². The SMILES string of the molecule is Fc1ccc(C=NNc2ncnc3sc4c(c23)CCCC4)cc1. The van der Waals surface area contributed by atoms with Gasteiger partial charge in [0.25, 0.3) is 0 Å². The molecule has 0 aliphatic heterocycles. The first-order valence-electron chi connectivity index (χ1n) is 7.61. The summed E-state index contributed by atoms with van der Waals surface area (Å²) in [5.41, 5.74) is 5.22. The van der Waals surface area contributed by atoms with Crippen molar-refractivity contribution >= 4 is 33.6 Å². The van der Waals surface area contributed by atoms with E-state index in [0.29, 0.717) is 0 Å². The van der Waals surface area contributed by atoms with Crippen molar-refractivity contribution in [2.45, 2.75) is 25.7 Å². The van der Waals surface area contributed by atoms with E-state index in [-0.39, 0.29) is 5.82 Å². The largest absolute Gasteiger partial charge is 0.261 e. The average molecular weight is 326 g/mol. The van der Waals surface area contributed by atoms with Crippen LogP contribution in [0, 0.1) is 5.82 Å². The lowest BCUT2D eigenvalue weighted by Crippen LogP contribution is -2.00. The number of aromatic nitrogens is 2. The molecule has 2 aromatic heterocycles. The van der Waals surface area contributed by atoms with Crippen LogP contribution in [0.5, 0.6) is 0 Å². The van der Waals surface area contributed by atoms with Crippen LogP contribution in [-0.4, -0.2) is 16.2 Å². The third-order valence-electron chi connectivity index (χ3n) is 4.01. The molecular formula is C17H15FN4S. The van der Waals surface area contributed by atoms with E-state index < -0.39 is 0 Å². The molecule has 0 unspecified atom stereocenters. The molecule has 0 fully saturated rings. The van der Waals surface area contributed by atoms with Gasteiger partial charge in [-0.3, -0.25) is 5.43 Å². The number of nitrogens with zero attached hydrogens (tertiary/aromatic N) is 3. The van der Waals surface area contributed by atoms with E-state index >= 15 is 0 Å². The van der Waals surface area contributed by atoms with Crippen LogP contribution < -0.4 is 5.43 Å². The maximum Gasteiger partial charge on any atom is 0.158 e. The Morgan fingerprint density at radius 1 is 1.13 bits per heavy atom. The number of aryl methyl sites for hydroxylation is 2. The van der Waals surface area contributed by atoms with Gasteiger partial charge in [-0.2, -0.15) is 5.10 Å². The van der Waals surface area contributed by atoms with Gasteiger partial charge in [0.15, 0.2) is 5.82 Å². The van der Waals surface area contributed by atoms with Crippen LogP contribution in [0.4, 0.5) is 10.2 Å². The summed E-state index contributed by atoms with van der Waals surface area (Å²) in [6.45, 7) is 0. The van der Waals surface area contributed by atoms with Crippen LogP contribution in [0.3, 0.4) is 0 Å². The molecule has 1 aliphatic rings. The lowest BCUT2D eigenvalue weighted by atomic mass is 9.97. The number of nitrogens with one attached hydrogen (secondary N) is 1. The molecule has 0 saturated heterocycles. The van der Waals surface area contributed by atoms with Crippen LogP contribution in [-0.2, 0) is 12.8 Å². The Hall–Kier alpha value is -2.34. The molecule has 0 amide bonds. The van der Waals surface area contributed by atoms with E-state index in [4.69, 9.17) is 0 Å². The Bertz CT molecular complexity index is 870. The second-order valence-electron chi connectivity index (χ2n) is 5.53. The first-order valence-corrected chi connectivity index (χ1v) is 8.43. The second kappa shape index (κ2) is 6.04. The molecule has 0 bridgehead atoms. The number of anilines is 1. The Kier molecular flexibility index (Phi) is 3.75. The van der Waals surface area contributed by atoms with E-state index in [1.807, 2.05) is 0 Å². The summed E-state index contributed by atoms with van der Waals surface area (Å²) < 4.78 is 12.9. The predicted octanol–water partition coefficient (Wildman–Crippen LogP) is 4.16. The number of hydrogen-bond acceptors (Lipinski definition) is 5. The van der Waals surface area contributed by atoms with Gasteiger partial charge in [0, 0.05) is 4.88 Å². The van der Waals surface area contributed by atoms with Crippen LogP contribution in [0.2, 0.25) is 0 Å². The zero-order valence-electron chi connectivity index (χ0n) is 12.4. The van der Waals surface area contributed by atoms with Gasteiger partial charge in [0.05, 0.1) is 11.6 Å². The van der Waals surface area contributed by atoms with Crippen molar-refractivity contribution in [2.75, 3.05) is 5.43 Å². The van der Waals surface area contributed by atoms with E-state index in [1.54, 1.807) is 36.0 Å². The number of rotatable bonds is 3. The summed E-state index contributed by atoms with van der Waals surface area (Å²) in [4.78, 5) is 11.2. The van der Waals surface area contributed by atoms with Gasteiger partial charge in [0.2, 0.25) is 0 Å². The molecule has 23 heavy (non-hydrogen) atoms. The highest BCUT2D eigenvalue weighted by Gasteiger charge is 2.19. The van der Waals surface area contributed by atoms with Gasteiger partial charge >= 0.3 is 0 Å². The molecule has 2 heterocycles. The highest BCUT2D eigenvalue weighted by Crippen LogP contribution is 2.38. The molecular weight excluding hydrogens is 311 g/mol. The summed E-state index contributed by atoms with van der Waals surface area (Å²) in [5.74, 6) is 0.491. The molecule has 4 rings (SSSR count). The quantitative estimate of drug-likeness (QED) is 0.581. The fraction of sp³-hybridized carbons (Fsp3) is 0.235. The second-order valence-corrected chi connectivity index (χ2v) is 6.62. The van der Waals surface area contributed by atoms with Crippen LogP contribution in [0.1, 0.15) is 28.8 Å². The minimum atomic E-state index is -0.252. The molecule has 0 radical (unpaired) electrons. The Morgan fingerprint density at radius 3 is 2.83 bits per heavy atom. The van der Waals surface area contributed by atoms with Gasteiger partial charge in [-0.15, -0.1) is 11.3 Å². The molecule has 1 aromatic carbocycles. The third-order valence-corrected chi connectivity index (χ3v) is 5.21. The van der Waals surface area contributed by atoms with Crippen molar-refractivity contribution in [3.63, 3.8) is 0 Å². The molecule has 0 atom stereocenters. The zero-order valence-corrected chi connectivity index (χ0v) is 13.2. The zero-order chi connectivity index (χ0) is 15.6. The number of benzene rings is 1. The van der Waals surface area contributed by atoms with E-state index in [9.17, 15) is 4.39 Å². The van der Waals surface area contributed by atoms with E-state index in [0.717, 1.165) is 34.4 Å². The Labute approximate surface area is 137 Å². The van der Waals surface area contributed by atoms with Crippen LogP contribution in [0.25, 0.3) is 10.2 Å². The fourth-order valence-electron chi connectivity index (χ4n) is 2.89. The smallest absolute Gasteiger partial charge is 0.158 e. The number of hydrogen-bond donors (Lipinski definition) is 1. The highest BCUT2D eigenvalue weighted by molar-refractivity contribution is 7.19. The van der Waals surface area contributed by atoms with Crippen molar-refractivity contribution in [3.8, 4) is 0 Å². The number of hydrazone groups is 1. The monoisotopic (exact) mass is 326 g/mol. The number of thiophene rings is 1. The fourth-order valence-corrected chi connectivity index (χ4v) is 4.12. The number of halogens is 1. The number of fused-ring (bicyclic) bond motifs is 3. The molecule has 1 aliphatic carbocycles. The summed E-state index contributed by atoms with van der Waals surface area (Å²) in [7, 11) is 0. The first kappa shape index (κ1) is 14.3. The van der Waals surface area contributed by atoms with Crippen molar-refractivity contribution in [1.82, 2.24) is 9.97 Å². The van der Waals surface area contributed by atoms with Crippen molar-refractivity contribution in [3.05, 3.63) is 52.4 Å². The highest BCUT2D eigenvalue weighted by atomic mass is 32.1. The molecule has 0 spiro atoms. The maximum atomic E-state index is 12.9. The molecule has 6 heteroatoms. The molecule has 4 nitrogen and oxygen atoms in total. The minimum absolute atomic E-state index is 0.252. The molecule has 116 valence electrons. The lowest BCUT2D eigenvalue weighted by Gasteiger charge is -2.11. The Balaban J connectivity index is 1.63. The summed E-state index contributed by atoms with van der Waals surface area (Å²) in [6, 6.07) is 6.20. The van der Waals surface area contributed by atoms with Crippen molar-refractivity contribution in [1.29, 1.82) is 0 Å².